The van der Waals surface area contributed by atoms with E-state index < -0.39 is 5.54 Å². The molecule has 24 heavy (non-hydrogen) atoms. The first-order chi connectivity index (χ1) is 11.6. The molecule has 1 aromatic carbocycles. The van der Waals surface area contributed by atoms with Crippen molar-refractivity contribution in [3.63, 3.8) is 0 Å². The van der Waals surface area contributed by atoms with Crippen LogP contribution in [-0.4, -0.2) is 32.0 Å². The van der Waals surface area contributed by atoms with Crippen LogP contribution < -0.4 is 10.1 Å². The fourth-order valence-electron chi connectivity index (χ4n) is 2.96. The maximum absolute atomic E-state index is 12.1. The van der Waals surface area contributed by atoms with Gasteiger partial charge in [-0.15, -0.1) is 0 Å². The Kier molecular flexibility index (Phi) is 4.97. The third kappa shape index (κ3) is 3.34. The van der Waals surface area contributed by atoms with Crippen molar-refractivity contribution in [2.24, 2.45) is 0 Å². The Labute approximate surface area is 144 Å². The second-order valence-electron chi connectivity index (χ2n) is 5.72. The molecule has 1 aliphatic heterocycles. The Morgan fingerprint density at radius 2 is 1.92 bits per heavy atom. The van der Waals surface area contributed by atoms with Crippen LogP contribution in [0.15, 0.2) is 41.1 Å². The fraction of sp³-hybridized carbons (Fsp3) is 0.333. The zero-order chi connectivity index (χ0) is 17.0. The summed E-state index contributed by atoms with van der Waals surface area (Å²) in [7, 11) is 1.62. The van der Waals surface area contributed by atoms with E-state index in [0.29, 0.717) is 13.2 Å². The molecule has 1 aromatic heterocycles. The summed E-state index contributed by atoms with van der Waals surface area (Å²) in [6, 6.07) is 9.46. The van der Waals surface area contributed by atoms with Gasteiger partial charge in [0.1, 0.15) is 18.1 Å². The Morgan fingerprint density at radius 3 is 2.54 bits per heavy atom. The van der Waals surface area contributed by atoms with Crippen LogP contribution in [0.5, 0.6) is 5.75 Å². The molecule has 1 saturated heterocycles. The van der Waals surface area contributed by atoms with Crippen molar-refractivity contribution in [3.8, 4) is 5.75 Å². The lowest BCUT2D eigenvalue weighted by Crippen LogP contribution is -2.52. The minimum atomic E-state index is -0.794. The molecular formula is C18H19NO4S. The lowest BCUT2D eigenvalue weighted by molar-refractivity contribution is -0.133. The summed E-state index contributed by atoms with van der Waals surface area (Å²) >= 11 is 1.54. The van der Waals surface area contributed by atoms with Crippen LogP contribution in [0.4, 0.5) is 0 Å². The number of benzene rings is 1. The molecule has 3 rings (SSSR count). The largest absolute Gasteiger partial charge is 0.491 e. The highest BCUT2D eigenvalue weighted by atomic mass is 32.1. The van der Waals surface area contributed by atoms with Gasteiger partial charge in [-0.25, -0.2) is 0 Å². The van der Waals surface area contributed by atoms with E-state index >= 15 is 0 Å². The summed E-state index contributed by atoms with van der Waals surface area (Å²) in [6.07, 6.45) is 0.212. The Bertz CT molecular complexity index is 693. The van der Waals surface area contributed by atoms with Crippen molar-refractivity contribution in [2.45, 2.75) is 18.4 Å². The number of piperidine rings is 1. The van der Waals surface area contributed by atoms with Gasteiger partial charge in [-0.2, -0.15) is 11.3 Å². The summed E-state index contributed by atoms with van der Waals surface area (Å²) in [4.78, 5) is 24.1. The minimum Gasteiger partial charge on any atom is -0.491 e. The number of hydrogen-bond acceptors (Lipinski definition) is 5. The van der Waals surface area contributed by atoms with Gasteiger partial charge in [0, 0.05) is 13.5 Å². The van der Waals surface area contributed by atoms with Gasteiger partial charge in [-0.3, -0.25) is 9.59 Å². The van der Waals surface area contributed by atoms with E-state index in [1.165, 1.54) is 0 Å². The lowest BCUT2D eigenvalue weighted by Gasteiger charge is -2.37. The molecular weight excluding hydrogens is 326 g/mol. The van der Waals surface area contributed by atoms with Crippen LogP contribution in [0.3, 0.4) is 0 Å². The van der Waals surface area contributed by atoms with Crippen LogP contribution in [0.25, 0.3) is 0 Å². The number of carbonyl (C=O) groups excluding carboxylic acids is 2. The number of amides is 1. The van der Waals surface area contributed by atoms with E-state index in [9.17, 15) is 9.59 Å². The maximum atomic E-state index is 12.1. The first-order valence-corrected chi connectivity index (χ1v) is 8.66. The molecule has 126 valence electrons. The lowest BCUT2D eigenvalue weighted by atomic mass is 9.77. The highest BCUT2D eigenvalue weighted by Gasteiger charge is 2.42. The number of thiophene rings is 1. The highest BCUT2D eigenvalue weighted by molar-refractivity contribution is 7.08. The van der Waals surface area contributed by atoms with Gasteiger partial charge < -0.3 is 14.8 Å². The number of carbonyl (C=O) groups is 2. The Morgan fingerprint density at radius 1 is 1.12 bits per heavy atom. The molecule has 0 unspecified atom stereocenters. The molecule has 0 spiro atoms. The molecule has 5 nitrogen and oxygen atoms in total. The van der Waals surface area contributed by atoms with Crippen molar-refractivity contribution in [1.29, 1.82) is 0 Å². The average Bonchev–Trinajstić information content (AvgIpc) is 3.10. The topological polar surface area (TPSA) is 64.6 Å². The van der Waals surface area contributed by atoms with Crippen LogP contribution in [0, 0.1) is 0 Å². The van der Waals surface area contributed by atoms with Gasteiger partial charge in [-0.05, 0) is 40.1 Å². The number of ketones is 1. The molecule has 1 N–H and O–H groups in total. The van der Waals surface area contributed by atoms with Crippen LogP contribution in [-0.2, 0) is 19.9 Å². The predicted molar refractivity (Wildman–Crippen MR) is 91.3 cm³/mol. The van der Waals surface area contributed by atoms with Gasteiger partial charge in [-0.1, -0.05) is 12.1 Å². The second-order valence-corrected chi connectivity index (χ2v) is 6.50. The molecule has 2 heterocycles. The van der Waals surface area contributed by atoms with E-state index in [1.807, 2.05) is 41.1 Å². The van der Waals surface area contributed by atoms with Crippen molar-refractivity contribution in [1.82, 2.24) is 5.32 Å². The molecule has 0 saturated carbocycles. The maximum Gasteiger partial charge on any atom is 0.228 e. The fourth-order valence-corrected chi connectivity index (χ4v) is 3.69. The van der Waals surface area contributed by atoms with Crippen molar-refractivity contribution >= 4 is 23.0 Å². The average molecular weight is 345 g/mol. The predicted octanol–water partition coefficient (Wildman–Crippen LogP) is 2.50. The quantitative estimate of drug-likeness (QED) is 0.645. The van der Waals surface area contributed by atoms with Crippen molar-refractivity contribution < 1.29 is 19.1 Å². The van der Waals surface area contributed by atoms with Crippen LogP contribution >= 0.6 is 11.3 Å². The van der Waals surface area contributed by atoms with E-state index in [-0.39, 0.29) is 24.5 Å². The van der Waals surface area contributed by atoms with Crippen molar-refractivity contribution in [3.05, 3.63) is 52.2 Å². The SMILES string of the molecule is COCCOc1ccc([C@]2(c3ccsc3)CC(=O)CC(=O)N2)cc1. The molecule has 0 bridgehead atoms. The van der Waals surface area contributed by atoms with Crippen LogP contribution in [0.1, 0.15) is 24.0 Å². The molecule has 1 amide bonds. The molecule has 0 radical (unpaired) electrons. The van der Waals surface area contributed by atoms with E-state index in [1.54, 1.807) is 18.4 Å². The number of ether oxygens (including phenoxy) is 2. The molecule has 0 aliphatic carbocycles. The summed E-state index contributed by atoms with van der Waals surface area (Å²) in [5, 5.41) is 6.96. The summed E-state index contributed by atoms with van der Waals surface area (Å²) in [5.41, 5.74) is 1.01. The number of hydrogen-bond donors (Lipinski definition) is 1. The highest BCUT2D eigenvalue weighted by Crippen LogP contribution is 2.37. The second kappa shape index (κ2) is 7.15. The molecule has 1 atom stereocenters. The van der Waals surface area contributed by atoms with Gasteiger partial charge in [0.2, 0.25) is 5.91 Å². The molecule has 1 aliphatic rings. The molecule has 1 fully saturated rings. The van der Waals surface area contributed by atoms with Crippen LogP contribution in [0.2, 0.25) is 0 Å². The zero-order valence-corrected chi connectivity index (χ0v) is 14.2. The standard InChI is InChI=1S/C18H19NO4S/c1-22-7-8-23-16-4-2-13(3-5-16)18(14-6-9-24-12-14)11-15(20)10-17(21)19-18/h2-6,9,12H,7-8,10-11H2,1H3,(H,19,21)/t18-/m0/s1. The van der Waals surface area contributed by atoms with Gasteiger partial charge >= 0.3 is 0 Å². The zero-order valence-electron chi connectivity index (χ0n) is 13.4. The normalized spacial score (nSPS) is 20.7. The first-order valence-electron chi connectivity index (χ1n) is 7.72. The summed E-state index contributed by atoms with van der Waals surface area (Å²) in [5.74, 6) is 0.438. The minimum absolute atomic E-state index is 0.0506. The van der Waals surface area contributed by atoms with Gasteiger partial charge in [0.25, 0.3) is 0 Å². The van der Waals surface area contributed by atoms with Gasteiger partial charge in [0.05, 0.1) is 18.6 Å². The molecule has 6 heteroatoms. The van der Waals surface area contributed by atoms with E-state index in [4.69, 9.17) is 9.47 Å². The van der Waals surface area contributed by atoms with E-state index in [0.717, 1.165) is 16.9 Å². The number of nitrogens with one attached hydrogen (secondary N) is 1. The first kappa shape index (κ1) is 16.7. The summed E-state index contributed by atoms with van der Waals surface area (Å²) in [6.45, 7) is 0.992. The number of rotatable bonds is 6. The van der Waals surface area contributed by atoms with Crippen molar-refractivity contribution in [2.75, 3.05) is 20.3 Å². The van der Waals surface area contributed by atoms with Gasteiger partial charge in [0.15, 0.2) is 0 Å². The Hall–Kier alpha value is -2.18. The monoisotopic (exact) mass is 345 g/mol. The number of methoxy groups -OCH3 is 1. The number of Topliss-reactive ketones (excluding diaryl/α,β-unsaturated/α-hetero) is 1. The third-order valence-electron chi connectivity index (χ3n) is 4.09. The Balaban J connectivity index is 1.92. The third-order valence-corrected chi connectivity index (χ3v) is 4.77. The smallest absolute Gasteiger partial charge is 0.228 e. The van der Waals surface area contributed by atoms with E-state index in [2.05, 4.69) is 5.32 Å². The summed E-state index contributed by atoms with van der Waals surface area (Å²) < 4.78 is 10.5. The molecule has 2 aromatic rings.